The van der Waals surface area contributed by atoms with Crippen LogP contribution in [0.5, 0.6) is 0 Å². The summed E-state index contributed by atoms with van der Waals surface area (Å²) in [6, 6.07) is 23.3. The molecule has 40 heavy (non-hydrogen) atoms. The highest BCUT2D eigenvalue weighted by Gasteiger charge is 2.17. The standard InChI is InChI=1S/C36H46O4/c1-5-7-9-12-16-27(3)39-35(37)31-22-20-30(21-23-31)34-26-32(24-25-33(34)29-18-14-11-15-19-29)36(38)40-28(4)17-13-10-8-6-2/h11,14-15,18-28H,5-10,12-13,16-17H2,1-4H3. The number of hydrogen-bond acceptors (Lipinski definition) is 4. The van der Waals surface area contributed by atoms with Crippen LogP contribution in [0.15, 0.2) is 72.8 Å². The smallest absolute Gasteiger partial charge is 0.338 e. The first-order valence-corrected chi connectivity index (χ1v) is 15.1. The Labute approximate surface area is 241 Å². The zero-order valence-electron chi connectivity index (χ0n) is 24.8. The molecule has 4 nitrogen and oxygen atoms in total. The molecule has 2 atom stereocenters. The first-order chi connectivity index (χ1) is 19.4. The Morgan fingerprint density at radius 3 is 1.62 bits per heavy atom. The average Bonchev–Trinajstić information content (AvgIpc) is 2.97. The second-order valence-corrected chi connectivity index (χ2v) is 10.8. The molecule has 214 valence electrons. The van der Waals surface area contributed by atoms with E-state index in [0.717, 1.165) is 54.4 Å². The van der Waals surface area contributed by atoms with Crippen LogP contribution < -0.4 is 0 Å². The van der Waals surface area contributed by atoms with Crippen LogP contribution in [-0.4, -0.2) is 24.1 Å². The first-order valence-electron chi connectivity index (χ1n) is 15.1. The van der Waals surface area contributed by atoms with Gasteiger partial charge >= 0.3 is 11.9 Å². The Kier molecular flexibility index (Phi) is 13.0. The number of unbranched alkanes of at least 4 members (excludes halogenated alkanes) is 6. The van der Waals surface area contributed by atoms with Crippen molar-refractivity contribution in [1.29, 1.82) is 0 Å². The maximum atomic E-state index is 13.0. The van der Waals surface area contributed by atoms with Gasteiger partial charge in [-0.3, -0.25) is 0 Å². The second-order valence-electron chi connectivity index (χ2n) is 10.8. The largest absolute Gasteiger partial charge is 0.459 e. The van der Waals surface area contributed by atoms with Gasteiger partial charge in [-0.15, -0.1) is 0 Å². The van der Waals surface area contributed by atoms with Crippen molar-refractivity contribution in [2.75, 3.05) is 0 Å². The van der Waals surface area contributed by atoms with E-state index in [0.29, 0.717) is 11.1 Å². The van der Waals surface area contributed by atoms with Gasteiger partial charge in [-0.05, 0) is 86.1 Å². The van der Waals surface area contributed by atoms with Crippen molar-refractivity contribution < 1.29 is 19.1 Å². The molecule has 0 aliphatic rings. The summed E-state index contributed by atoms with van der Waals surface area (Å²) in [4.78, 5) is 25.8. The van der Waals surface area contributed by atoms with Crippen LogP contribution in [0.3, 0.4) is 0 Å². The summed E-state index contributed by atoms with van der Waals surface area (Å²) in [5, 5.41) is 0. The van der Waals surface area contributed by atoms with E-state index in [1.54, 1.807) is 12.1 Å². The Bertz CT molecular complexity index is 1180. The van der Waals surface area contributed by atoms with Crippen LogP contribution in [0.1, 0.15) is 113 Å². The third kappa shape index (κ3) is 9.66. The van der Waals surface area contributed by atoms with E-state index in [1.807, 2.05) is 62.4 Å². The Morgan fingerprint density at radius 2 is 1.07 bits per heavy atom. The Morgan fingerprint density at radius 1 is 0.575 bits per heavy atom. The van der Waals surface area contributed by atoms with Crippen molar-refractivity contribution in [2.45, 2.75) is 104 Å². The van der Waals surface area contributed by atoms with Gasteiger partial charge < -0.3 is 9.47 Å². The van der Waals surface area contributed by atoms with Gasteiger partial charge in [-0.1, -0.05) is 101 Å². The predicted octanol–water partition coefficient (Wildman–Crippen LogP) is 10.1. The normalized spacial score (nSPS) is 12.5. The lowest BCUT2D eigenvalue weighted by Crippen LogP contribution is -2.15. The van der Waals surface area contributed by atoms with Crippen molar-refractivity contribution in [3.63, 3.8) is 0 Å². The molecule has 3 aromatic rings. The Balaban J connectivity index is 1.77. The summed E-state index contributed by atoms with van der Waals surface area (Å²) in [6.45, 7) is 8.30. The highest BCUT2D eigenvalue weighted by molar-refractivity contribution is 5.95. The monoisotopic (exact) mass is 542 g/mol. The highest BCUT2D eigenvalue weighted by atomic mass is 16.5. The molecule has 0 saturated heterocycles. The number of carbonyl (C=O) groups is 2. The predicted molar refractivity (Wildman–Crippen MR) is 165 cm³/mol. The van der Waals surface area contributed by atoms with Crippen molar-refractivity contribution in [3.05, 3.63) is 83.9 Å². The quantitative estimate of drug-likeness (QED) is 0.133. The average molecular weight is 543 g/mol. The minimum absolute atomic E-state index is 0.106. The molecule has 0 bridgehead atoms. The van der Waals surface area contributed by atoms with Gasteiger partial charge in [0, 0.05) is 0 Å². The van der Waals surface area contributed by atoms with Crippen molar-refractivity contribution in [2.24, 2.45) is 0 Å². The maximum absolute atomic E-state index is 13.0. The summed E-state index contributed by atoms with van der Waals surface area (Å²) in [7, 11) is 0. The molecule has 0 saturated carbocycles. The SMILES string of the molecule is CCCCCCC(C)OC(=O)c1ccc(-c2cc(C(=O)OC(C)CCCCCC)ccc2-c2ccccc2)cc1. The van der Waals surface area contributed by atoms with Crippen LogP contribution in [0.25, 0.3) is 22.3 Å². The van der Waals surface area contributed by atoms with Crippen LogP contribution in [0, 0.1) is 0 Å². The van der Waals surface area contributed by atoms with Gasteiger partial charge in [0.1, 0.15) is 0 Å². The summed E-state index contributed by atoms with van der Waals surface area (Å²) in [5.74, 6) is -0.611. The number of ether oxygens (including phenoxy) is 2. The lowest BCUT2D eigenvalue weighted by Gasteiger charge is -2.16. The summed E-state index contributed by atoms with van der Waals surface area (Å²) >= 11 is 0. The molecule has 0 spiro atoms. The molecule has 3 aromatic carbocycles. The molecular formula is C36H46O4. The van der Waals surface area contributed by atoms with Crippen LogP contribution in [-0.2, 0) is 9.47 Å². The lowest BCUT2D eigenvalue weighted by molar-refractivity contribution is 0.0309. The second kappa shape index (κ2) is 16.6. The zero-order chi connectivity index (χ0) is 28.7. The van der Waals surface area contributed by atoms with E-state index in [4.69, 9.17) is 9.47 Å². The number of rotatable bonds is 16. The number of esters is 2. The van der Waals surface area contributed by atoms with Crippen LogP contribution in [0.2, 0.25) is 0 Å². The topological polar surface area (TPSA) is 52.6 Å². The number of hydrogen-bond donors (Lipinski definition) is 0. The molecule has 0 fully saturated rings. The molecule has 3 rings (SSSR count). The first kappa shape index (κ1) is 31.1. The Hall–Kier alpha value is -3.40. The van der Waals surface area contributed by atoms with Gasteiger partial charge in [0.2, 0.25) is 0 Å². The molecule has 0 radical (unpaired) electrons. The van der Waals surface area contributed by atoms with E-state index >= 15 is 0 Å². The van der Waals surface area contributed by atoms with Gasteiger partial charge in [-0.25, -0.2) is 9.59 Å². The maximum Gasteiger partial charge on any atom is 0.338 e. The number of benzene rings is 3. The molecule has 0 aliphatic heterocycles. The molecule has 0 heterocycles. The third-order valence-corrected chi connectivity index (χ3v) is 7.32. The molecule has 2 unspecified atom stereocenters. The van der Waals surface area contributed by atoms with Gasteiger partial charge in [-0.2, -0.15) is 0 Å². The van der Waals surface area contributed by atoms with Crippen molar-refractivity contribution in [3.8, 4) is 22.3 Å². The lowest BCUT2D eigenvalue weighted by atomic mass is 9.92. The molecule has 0 aromatic heterocycles. The summed E-state index contributed by atoms with van der Waals surface area (Å²) < 4.78 is 11.5. The fraction of sp³-hybridized carbons (Fsp3) is 0.444. The molecular weight excluding hydrogens is 496 g/mol. The molecule has 0 aliphatic carbocycles. The minimum atomic E-state index is -0.308. The van der Waals surface area contributed by atoms with E-state index < -0.39 is 0 Å². The zero-order valence-corrected chi connectivity index (χ0v) is 24.8. The summed E-state index contributed by atoms with van der Waals surface area (Å²) in [5.41, 5.74) is 4.96. The minimum Gasteiger partial charge on any atom is -0.459 e. The molecule has 0 N–H and O–H groups in total. The van der Waals surface area contributed by atoms with Crippen LogP contribution >= 0.6 is 0 Å². The van der Waals surface area contributed by atoms with E-state index in [9.17, 15) is 9.59 Å². The van der Waals surface area contributed by atoms with E-state index in [2.05, 4.69) is 26.0 Å². The van der Waals surface area contributed by atoms with Gasteiger partial charge in [0.05, 0.1) is 23.3 Å². The highest BCUT2D eigenvalue weighted by Crippen LogP contribution is 2.33. The van der Waals surface area contributed by atoms with E-state index in [1.165, 1.54) is 32.1 Å². The molecule has 4 heteroatoms. The van der Waals surface area contributed by atoms with E-state index in [-0.39, 0.29) is 24.1 Å². The van der Waals surface area contributed by atoms with Crippen molar-refractivity contribution in [1.82, 2.24) is 0 Å². The fourth-order valence-electron chi connectivity index (χ4n) is 4.90. The number of carbonyl (C=O) groups excluding carboxylic acids is 2. The fourth-order valence-corrected chi connectivity index (χ4v) is 4.90. The summed E-state index contributed by atoms with van der Waals surface area (Å²) in [6.07, 6.45) is 10.8. The van der Waals surface area contributed by atoms with Gasteiger partial charge in [0.25, 0.3) is 0 Å². The third-order valence-electron chi connectivity index (χ3n) is 7.32. The van der Waals surface area contributed by atoms with Crippen LogP contribution in [0.4, 0.5) is 0 Å². The van der Waals surface area contributed by atoms with Crippen molar-refractivity contribution >= 4 is 11.9 Å². The molecule has 0 amide bonds. The van der Waals surface area contributed by atoms with Gasteiger partial charge in [0.15, 0.2) is 0 Å².